The average molecular weight is 277 g/mol. The van der Waals surface area contributed by atoms with Gasteiger partial charge in [-0.3, -0.25) is 9.59 Å². The summed E-state index contributed by atoms with van der Waals surface area (Å²) < 4.78 is 5.36. The second kappa shape index (κ2) is 5.94. The van der Waals surface area contributed by atoms with Crippen LogP contribution in [0, 0.1) is 0 Å². The summed E-state index contributed by atoms with van der Waals surface area (Å²) in [6.07, 6.45) is 3.36. The van der Waals surface area contributed by atoms with Gasteiger partial charge in [-0.2, -0.15) is 0 Å². The van der Waals surface area contributed by atoms with Crippen LogP contribution in [0.1, 0.15) is 31.2 Å². The van der Waals surface area contributed by atoms with Crippen molar-refractivity contribution in [1.82, 2.24) is 5.32 Å². The predicted octanol–water partition coefficient (Wildman–Crippen LogP) is 1.71. The summed E-state index contributed by atoms with van der Waals surface area (Å²) in [5.74, 6) is -0.576. The molecule has 1 aromatic rings. The molecule has 1 saturated carbocycles. The smallest absolute Gasteiger partial charge is 0.322 e. The Balaban J connectivity index is 2.34. The van der Waals surface area contributed by atoms with Gasteiger partial charge in [0.1, 0.15) is 12.3 Å². The molecule has 0 aromatic heterocycles. The van der Waals surface area contributed by atoms with Crippen molar-refractivity contribution in [2.45, 2.75) is 31.1 Å². The highest BCUT2D eigenvalue weighted by molar-refractivity contribution is 5.91. The van der Waals surface area contributed by atoms with Crippen molar-refractivity contribution in [1.29, 1.82) is 0 Å². The van der Waals surface area contributed by atoms with Gasteiger partial charge >= 0.3 is 5.97 Å². The number of amides is 1. The number of ether oxygens (including phenoxy) is 1. The van der Waals surface area contributed by atoms with Gasteiger partial charge < -0.3 is 15.2 Å². The molecule has 108 valence electrons. The number of nitrogens with one attached hydrogen (secondary N) is 1. The summed E-state index contributed by atoms with van der Waals surface area (Å²) in [5.41, 5.74) is 0.185. The molecule has 5 nitrogen and oxygen atoms in total. The van der Waals surface area contributed by atoms with E-state index in [-0.39, 0.29) is 12.5 Å². The van der Waals surface area contributed by atoms with E-state index in [1.807, 2.05) is 24.3 Å². The molecule has 2 rings (SSSR count). The predicted molar refractivity (Wildman–Crippen MR) is 73.8 cm³/mol. The number of methoxy groups -OCH3 is 1. The lowest BCUT2D eigenvalue weighted by Gasteiger charge is -2.29. The fourth-order valence-corrected chi connectivity index (χ4v) is 2.96. The number of carboxylic acids is 1. The number of carbonyl (C=O) groups is 2. The molecule has 0 heterocycles. The Bertz CT molecular complexity index is 506. The van der Waals surface area contributed by atoms with Crippen LogP contribution in [0.5, 0.6) is 5.75 Å². The van der Waals surface area contributed by atoms with Gasteiger partial charge in [-0.15, -0.1) is 0 Å². The third-order valence-corrected chi connectivity index (χ3v) is 3.91. The zero-order chi connectivity index (χ0) is 14.6. The molecule has 0 aliphatic heterocycles. The van der Waals surface area contributed by atoms with E-state index in [0.29, 0.717) is 5.75 Å². The van der Waals surface area contributed by atoms with Gasteiger partial charge in [0, 0.05) is 5.56 Å². The first-order valence-corrected chi connectivity index (χ1v) is 6.74. The van der Waals surface area contributed by atoms with Crippen LogP contribution in [0.2, 0.25) is 0 Å². The first kappa shape index (κ1) is 14.4. The van der Waals surface area contributed by atoms with Crippen LogP contribution in [0.25, 0.3) is 0 Å². The molecule has 1 aliphatic rings. The maximum atomic E-state index is 12.5. The Hall–Kier alpha value is -2.04. The molecule has 5 heteroatoms. The molecule has 20 heavy (non-hydrogen) atoms. The van der Waals surface area contributed by atoms with Gasteiger partial charge in [0.15, 0.2) is 0 Å². The molecule has 1 aromatic carbocycles. The monoisotopic (exact) mass is 277 g/mol. The normalized spacial score (nSPS) is 16.6. The Morgan fingerprint density at radius 2 is 1.95 bits per heavy atom. The molecule has 2 N–H and O–H groups in total. The van der Waals surface area contributed by atoms with Crippen LogP contribution in [0.3, 0.4) is 0 Å². The van der Waals surface area contributed by atoms with E-state index in [2.05, 4.69) is 5.32 Å². The SMILES string of the molecule is COc1ccccc1C1(C(=O)NCC(=O)O)CCCC1. The summed E-state index contributed by atoms with van der Waals surface area (Å²) in [5, 5.41) is 11.2. The van der Waals surface area contributed by atoms with Crippen LogP contribution in [0.4, 0.5) is 0 Å². The summed E-state index contributed by atoms with van der Waals surface area (Å²) in [7, 11) is 1.58. The lowest BCUT2D eigenvalue weighted by atomic mass is 9.77. The average Bonchev–Trinajstić information content (AvgIpc) is 2.95. The number of para-hydroxylation sites is 1. The van der Waals surface area contributed by atoms with E-state index in [1.165, 1.54) is 0 Å². The molecule has 1 amide bonds. The third-order valence-electron chi connectivity index (χ3n) is 3.91. The first-order valence-electron chi connectivity index (χ1n) is 6.74. The van der Waals surface area contributed by atoms with Crippen LogP contribution in [-0.2, 0) is 15.0 Å². The van der Waals surface area contributed by atoms with Crippen LogP contribution in [0.15, 0.2) is 24.3 Å². The quantitative estimate of drug-likeness (QED) is 0.859. The van der Waals surface area contributed by atoms with Gasteiger partial charge in [0.2, 0.25) is 5.91 Å². The highest BCUT2D eigenvalue weighted by Gasteiger charge is 2.44. The highest BCUT2D eigenvalue weighted by Crippen LogP contribution is 2.44. The Morgan fingerprint density at radius 1 is 1.30 bits per heavy atom. The van der Waals surface area contributed by atoms with Gasteiger partial charge in [0.05, 0.1) is 12.5 Å². The summed E-state index contributed by atoms with van der Waals surface area (Å²) >= 11 is 0. The van der Waals surface area contributed by atoms with Crippen molar-refractivity contribution in [3.63, 3.8) is 0 Å². The van der Waals surface area contributed by atoms with Crippen LogP contribution < -0.4 is 10.1 Å². The van der Waals surface area contributed by atoms with Crippen molar-refractivity contribution in [2.75, 3.05) is 13.7 Å². The summed E-state index contributed by atoms with van der Waals surface area (Å²) in [4.78, 5) is 23.2. The van der Waals surface area contributed by atoms with E-state index in [9.17, 15) is 9.59 Å². The van der Waals surface area contributed by atoms with Gasteiger partial charge in [0.25, 0.3) is 0 Å². The second-order valence-corrected chi connectivity index (χ2v) is 5.07. The fourth-order valence-electron chi connectivity index (χ4n) is 2.96. The topological polar surface area (TPSA) is 75.6 Å². The van der Waals surface area contributed by atoms with Gasteiger partial charge in [-0.05, 0) is 18.9 Å². The van der Waals surface area contributed by atoms with Crippen molar-refractivity contribution >= 4 is 11.9 Å². The first-order chi connectivity index (χ1) is 9.60. The Labute approximate surface area is 117 Å². The lowest BCUT2D eigenvalue weighted by Crippen LogP contribution is -2.44. The molecule has 0 bridgehead atoms. The maximum absolute atomic E-state index is 12.5. The Morgan fingerprint density at radius 3 is 2.55 bits per heavy atom. The number of carboxylic acid groups (broad SMARTS) is 1. The number of rotatable bonds is 5. The van der Waals surface area contributed by atoms with Gasteiger partial charge in [-0.1, -0.05) is 31.0 Å². The zero-order valence-electron chi connectivity index (χ0n) is 11.5. The van der Waals surface area contributed by atoms with E-state index < -0.39 is 11.4 Å². The van der Waals surface area contributed by atoms with Crippen molar-refractivity contribution in [3.8, 4) is 5.75 Å². The third kappa shape index (κ3) is 2.61. The number of aliphatic carboxylic acids is 1. The number of hydrogen-bond acceptors (Lipinski definition) is 3. The summed E-state index contributed by atoms with van der Waals surface area (Å²) in [6.45, 7) is -0.351. The molecular weight excluding hydrogens is 258 g/mol. The van der Waals surface area contributed by atoms with Crippen molar-refractivity contribution in [3.05, 3.63) is 29.8 Å². The standard InChI is InChI=1S/C15H19NO4/c1-20-12-7-3-2-6-11(12)15(8-4-5-9-15)14(19)16-10-13(17)18/h2-3,6-7H,4-5,8-10H2,1H3,(H,16,19)(H,17,18). The zero-order valence-corrected chi connectivity index (χ0v) is 11.5. The molecular formula is C15H19NO4. The molecule has 0 spiro atoms. The second-order valence-electron chi connectivity index (χ2n) is 5.07. The van der Waals surface area contributed by atoms with E-state index in [0.717, 1.165) is 31.2 Å². The molecule has 0 saturated heterocycles. The fraction of sp³-hybridized carbons (Fsp3) is 0.467. The molecule has 1 aliphatic carbocycles. The van der Waals surface area contributed by atoms with Crippen LogP contribution >= 0.6 is 0 Å². The molecule has 1 fully saturated rings. The highest BCUT2D eigenvalue weighted by atomic mass is 16.5. The maximum Gasteiger partial charge on any atom is 0.322 e. The van der Waals surface area contributed by atoms with E-state index in [4.69, 9.17) is 9.84 Å². The molecule has 0 radical (unpaired) electrons. The minimum absolute atomic E-state index is 0.220. The van der Waals surface area contributed by atoms with Gasteiger partial charge in [-0.25, -0.2) is 0 Å². The van der Waals surface area contributed by atoms with Crippen molar-refractivity contribution in [2.24, 2.45) is 0 Å². The van der Waals surface area contributed by atoms with E-state index >= 15 is 0 Å². The number of hydrogen-bond donors (Lipinski definition) is 2. The molecule has 0 unspecified atom stereocenters. The molecule has 0 atom stereocenters. The van der Waals surface area contributed by atoms with Crippen molar-refractivity contribution < 1.29 is 19.4 Å². The minimum atomic E-state index is -1.04. The van der Waals surface area contributed by atoms with Crippen LogP contribution in [-0.4, -0.2) is 30.6 Å². The summed E-state index contributed by atoms with van der Waals surface area (Å²) in [6, 6.07) is 7.47. The largest absolute Gasteiger partial charge is 0.496 e. The number of benzene rings is 1. The lowest BCUT2D eigenvalue weighted by molar-refractivity contribution is -0.138. The minimum Gasteiger partial charge on any atom is -0.496 e. The number of carbonyl (C=O) groups excluding carboxylic acids is 1. The van der Waals surface area contributed by atoms with E-state index in [1.54, 1.807) is 7.11 Å². The Kier molecular flexibility index (Phi) is 4.27.